The normalized spacial score (nSPS) is 18.6. The molecule has 2 aromatic heterocycles. The minimum absolute atomic E-state index is 0.119. The van der Waals surface area contributed by atoms with Crippen LogP contribution in [0.5, 0.6) is 0 Å². The molecule has 0 atom stereocenters. The fourth-order valence-corrected chi connectivity index (χ4v) is 5.43. The van der Waals surface area contributed by atoms with E-state index in [1.165, 1.54) is 0 Å². The molecule has 0 saturated carbocycles. The van der Waals surface area contributed by atoms with Crippen molar-refractivity contribution in [3.63, 3.8) is 0 Å². The summed E-state index contributed by atoms with van der Waals surface area (Å²) in [5, 5.41) is 5.16. The quantitative estimate of drug-likeness (QED) is 0.594. The number of H-pyrrole nitrogens is 1. The van der Waals surface area contributed by atoms with Gasteiger partial charge in [0.1, 0.15) is 16.8 Å². The first-order valence-corrected chi connectivity index (χ1v) is 13.0. The molecular weight excluding hydrogens is 456 g/mol. The number of carbonyl (C=O) groups excluding carboxylic acids is 1. The van der Waals surface area contributed by atoms with E-state index in [-0.39, 0.29) is 17.6 Å². The van der Waals surface area contributed by atoms with Crippen molar-refractivity contribution in [2.24, 2.45) is 0 Å². The van der Waals surface area contributed by atoms with Crippen molar-refractivity contribution in [1.82, 2.24) is 29.5 Å². The van der Waals surface area contributed by atoms with Crippen LogP contribution in [-0.2, 0) is 4.74 Å². The van der Waals surface area contributed by atoms with Crippen LogP contribution >= 0.6 is 0 Å². The number of rotatable bonds is 3. The van der Waals surface area contributed by atoms with E-state index in [2.05, 4.69) is 15.0 Å². The van der Waals surface area contributed by atoms with Gasteiger partial charge in [0.25, 0.3) is 5.56 Å². The van der Waals surface area contributed by atoms with Gasteiger partial charge >= 0.3 is 6.09 Å². The number of amides is 1. The van der Waals surface area contributed by atoms with Crippen LogP contribution in [-0.4, -0.2) is 73.5 Å². The summed E-state index contributed by atoms with van der Waals surface area (Å²) in [6, 6.07) is 10.3. The molecular formula is C27H36N6O3. The van der Waals surface area contributed by atoms with E-state index < -0.39 is 5.60 Å². The molecule has 0 bridgehead atoms. The molecule has 2 aliphatic rings. The lowest BCUT2D eigenvalue weighted by Gasteiger charge is -2.41. The highest BCUT2D eigenvalue weighted by atomic mass is 16.6. The first-order valence-electron chi connectivity index (χ1n) is 13.0. The number of aromatic nitrogens is 4. The van der Waals surface area contributed by atoms with Crippen LogP contribution < -0.4 is 5.56 Å². The van der Waals surface area contributed by atoms with Gasteiger partial charge in [0.05, 0.1) is 11.4 Å². The Bertz CT molecular complexity index is 1280. The second-order valence-corrected chi connectivity index (χ2v) is 11.0. The van der Waals surface area contributed by atoms with E-state index in [0.29, 0.717) is 22.8 Å². The third kappa shape index (κ3) is 5.02. The highest BCUT2D eigenvalue weighted by molar-refractivity contribution is 5.78. The summed E-state index contributed by atoms with van der Waals surface area (Å²) in [4.78, 5) is 37.7. The largest absolute Gasteiger partial charge is 0.444 e. The number of para-hydroxylation sites is 1. The fraction of sp³-hybridized carbons (Fsp3) is 0.556. The van der Waals surface area contributed by atoms with Crippen molar-refractivity contribution in [2.45, 2.75) is 70.9 Å². The molecule has 1 N–H and O–H groups in total. The van der Waals surface area contributed by atoms with Gasteiger partial charge in [0, 0.05) is 25.0 Å². The van der Waals surface area contributed by atoms with Gasteiger partial charge < -0.3 is 19.5 Å². The fourth-order valence-electron chi connectivity index (χ4n) is 5.43. The van der Waals surface area contributed by atoms with E-state index in [0.717, 1.165) is 63.4 Å². The van der Waals surface area contributed by atoms with E-state index >= 15 is 0 Å². The molecule has 0 radical (unpaired) electrons. The zero-order chi connectivity index (χ0) is 25.4. The standard InChI is InChI=1S/C27H36N6O3/c1-18-22-24(33(30-18)21-8-6-5-7-9-21)28-23(29-25(22)34)19-10-14-31(15-11-19)20-12-16-32(17-13-20)26(35)36-27(2,3)4/h5-9,19-20H,10-17H2,1-4H3,(H,28,29,34). The van der Waals surface area contributed by atoms with Crippen LogP contribution in [0.1, 0.15) is 63.9 Å². The summed E-state index contributed by atoms with van der Waals surface area (Å²) in [5.41, 5.74) is 1.61. The number of fused-ring (bicyclic) bond motifs is 1. The van der Waals surface area contributed by atoms with Gasteiger partial charge in [-0.25, -0.2) is 14.5 Å². The second kappa shape index (κ2) is 9.69. The Hall–Kier alpha value is -3.20. The highest BCUT2D eigenvalue weighted by Crippen LogP contribution is 2.30. The summed E-state index contributed by atoms with van der Waals surface area (Å²) < 4.78 is 7.31. The molecule has 36 heavy (non-hydrogen) atoms. The second-order valence-electron chi connectivity index (χ2n) is 11.0. The average molecular weight is 493 g/mol. The number of aryl methyl sites for hydroxylation is 1. The molecule has 2 aliphatic heterocycles. The monoisotopic (exact) mass is 492 g/mol. The molecule has 0 unspecified atom stereocenters. The zero-order valence-corrected chi connectivity index (χ0v) is 21.7. The zero-order valence-electron chi connectivity index (χ0n) is 21.7. The molecule has 1 aromatic carbocycles. The van der Waals surface area contributed by atoms with Gasteiger partial charge in [0.15, 0.2) is 5.65 Å². The Morgan fingerprint density at radius 3 is 2.33 bits per heavy atom. The number of aromatic amines is 1. The molecule has 192 valence electrons. The number of benzene rings is 1. The predicted octanol–water partition coefficient (Wildman–Crippen LogP) is 4.00. The summed E-state index contributed by atoms with van der Waals surface area (Å²) in [6.45, 7) is 10.9. The van der Waals surface area contributed by atoms with E-state index in [4.69, 9.17) is 9.72 Å². The minimum atomic E-state index is -0.467. The maximum Gasteiger partial charge on any atom is 0.410 e. The van der Waals surface area contributed by atoms with Crippen LogP contribution in [0.25, 0.3) is 16.7 Å². The molecule has 0 aliphatic carbocycles. The molecule has 3 aromatic rings. The molecule has 1 amide bonds. The number of piperidine rings is 2. The highest BCUT2D eigenvalue weighted by Gasteiger charge is 2.32. The van der Waals surface area contributed by atoms with Crippen molar-refractivity contribution in [2.75, 3.05) is 26.2 Å². The lowest BCUT2D eigenvalue weighted by molar-refractivity contribution is 0.0126. The molecule has 0 spiro atoms. The van der Waals surface area contributed by atoms with Gasteiger partial charge in [-0.1, -0.05) is 18.2 Å². The maximum atomic E-state index is 13.0. The molecule has 4 heterocycles. The molecule has 5 rings (SSSR count). The van der Waals surface area contributed by atoms with E-state index in [9.17, 15) is 9.59 Å². The number of nitrogens with one attached hydrogen (secondary N) is 1. The van der Waals surface area contributed by atoms with E-state index in [1.807, 2.05) is 62.9 Å². The van der Waals surface area contributed by atoms with Gasteiger partial charge in [-0.15, -0.1) is 0 Å². The lowest BCUT2D eigenvalue weighted by atomic mass is 9.93. The van der Waals surface area contributed by atoms with Crippen molar-refractivity contribution in [3.8, 4) is 5.69 Å². The van der Waals surface area contributed by atoms with Gasteiger partial charge in [0.2, 0.25) is 0 Å². The van der Waals surface area contributed by atoms with Gasteiger partial charge in [-0.3, -0.25) is 4.79 Å². The summed E-state index contributed by atoms with van der Waals surface area (Å²) in [5.74, 6) is 0.962. The van der Waals surface area contributed by atoms with Crippen LogP contribution in [0.15, 0.2) is 35.1 Å². The van der Waals surface area contributed by atoms with Crippen LogP contribution in [0.3, 0.4) is 0 Å². The summed E-state index contributed by atoms with van der Waals surface area (Å²) in [7, 11) is 0. The summed E-state index contributed by atoms with van der Waals surface area (Å²) in [6.07, 6.45) is 3.59. The SMILES string of the molecule is Cc1nn(-c2ccccc2)c2nc(C3CCN(C4CCN(C(=O)OC(C)(C)C)CC4)CC3)[nH]c(=O)c12. The minimum Gasteiger partial charge on any atom is -0.444 e. The average Bonchev–Trinajstić information content (AvgIpc) is 3.20. The number of hydrogen-bond acceptors (Lipinski definition) is 6. The molecule has 9 nitrogen and oxygen atoms in total. The Kier molecular flexibility index (Phi) is 6.59. The van der Waals surface area contributed by atoms with Crippen molar-refractivity contribution >= 4 is 17.1 Å². The third-order valence-corrected chi connectivity index (χ3v) is 7.28. The number of nitrogens with zero attached hydrogens (tertiary/aromatic N) is 5. The molecule has 2 saturated heterocycles. The summed E-state index contributed by atoms with van der Waals surface area (Å²) >= 11 is 0. The smallest absolute Gasteiger partial charge is 0.410 e. The first-order chi connectivity index (χ1) is 17.2. The Labute approximate surface area is 211 Å². The molecule has 9 heteroatoms. The Balaban J connectivity index is 1.25. The Morgan fingerprint density at radius 2 is 1.69 bits per heavy atom. The van der Waals surface area contributed by atoms with Gasteiger partial charge in [-0.05, 0) is 78.6 Å². The van der Waals surface area contributed by atoms with Gasteiger partial charge in [-0.2, -0.15) is 5.10 Å². The lowest BCUT2D eigenvalue weighted by Crippen LogP contribution is -2.49. The molecule has 2 fully saturated rings. The van der Waals surface area contributed by atoms with E-state index in [1.54, 1.807) is 4.68 Å². The Morgan fingerprint density at radius 1 is 1.03 bits per heavy atom. The van der Waals surface area contributed by atoms with Crippen LogP contribution in [0, 0.1) is 6.92 Å². The van der Waals surface area contributed by atoms with Crippen LogP contribution in [0.2, 0.25) is 0 Å². The third-order valence-electron chi connectivity index (χ3n) is 7.28. The van der Waals surface area contributed by atoms with Crippen LogP contribution in [0.4, 0.5) is 4.79 Å². The predicted molar refractivity (Wildman–Crippen MR) is 139 cm³/mol. The van der Waals surface area contributed by atoms with Crippen molar-refractivity contribution < 1.29 is 9.53 Å². The van der Waals surface area contributed by atoms with Crippen molar-refractivity contribution in [1.29, 1.82) is 0 Å². The number of likely N-dealkylation sites (tertiary alicyclic amines) is 2. The van der Waals surface area contributed by atoms with Crippen molar-refractivity contribution in [3.05, 3.63) is 52.2 Å². The maximum absolute atomic E-state index is 13.0. The number of carbonyl (C=O) groups is 1. The number of ether oxygens (including phenoxy) is 1. The first kappa shape index (κ1) is 24.5. The number of hydrogen-bond donors (Lipinski definition) is 1. The topological polar surface area (TPSA) is 96.3 Å².